The molecule has 1 aromatic carbocycles. The molecule has 4 atom stereocenters. The van der Waals surface area contributed by atoms with Gasteiger partial charge in [-0.1, -0.05) is 12.2 Å². The second-order valence-electron chi connectivity index (χ2n) is 6.13. The number of nitro benzene ring substituents is 1. The zero-order valence-electron chi connectivity index (χ0n) is 12.3. The van der Waals surface area contributed by atoms with Gasteiger partial charge < -0.3 is 4.74 Å². The lowest BCUT2D eigenvalue weighted by Gasteiger charge is -2.19. The molecule has 7 nitrogen and oxygen atoms in total. The summed E-state index contributed by atoms with van der Waals surface area (Å²) in [4.78, 5) is 37.0. The normalized spacial score (nSPS) is 30.9. The van der Waals surface area contributed by atoms with E-state index in [1.165, 1.54) is 25.3 Å². The van der Waals surface area contributed by atoms with Crippen LogP contribution in [0.25, 0.3) is 0 Å². The third-order valence-corrected chi connectivity index (χ3v) is 5.09. The number of carbonyl (C=O) groups is 2. The van der Waals surface area contributed by atoms with Gasteiger partial charge in [-0.05, 0) is 24.3 Å². The standard InChI is InChI=1S/C16H14N2O5/c1-23-12-7-10(18(21)22)4-5-11(12)17-15(19)13-8-2-3-9(6-8)14(13)16(17)20/h2-5,7-9,13-14H,6H2,1H3/t8-,9-,13+,14+/m0/s1. The quantitative estimate of drug-likeness (QED) is 0.368. The van der Waals surface area contributed by atoms with Crippen molar-refractivity contribution >= 4 is 23.2 Å². The molecule has 7 heteroatoms. The van der Waals surface area contributed by atoms with Crippen LogP contribution in [0.5, 0.6) is 5.75 Å². The van der Waals surface area contributed by atoms with Gasteiger partial charge in [0.15, 0.2) is 0 Å². The van der Waals surface area contributed by atoms with Crippen LogP contribution in [0.2, 0.25) is 0 Å². The second kappa shape index (κ2) is 4.65. The molecule has 1 saturated carbocycles. The van der Waals surface area contributed by atoms with Crippen molar-refractivity contribution in [3.63, 3.8) is 0 Å². The summed E-state index contributed by atoms with van der Waals surface area (Å²) < 4.78 is 5.17. The minimum atomic E-state index is -0.543. The topological polar surface area (TPSA) is 89.8 Å². The van der Waals surface area contributed by atoms with Crippen LogP contribution in [0, 0.1) is 33.8 Å². The van der Waals surface area contributed by atoms with Gasteiger partial charge in [0, 0.05) is 6.07 Å². The summed E-state index contributed by atoms with van der Waals surface area (Å²) in [6.45, 7) is 0. The SMILES string of the molecule is COc1cc([N+](=O)[O-])ccc1N1C(=O)[C@H]2[C@H](C1=O)[C@H]1C=C[C@H]2C1. The third-order valence-electron chi connectivity index (χ3n) is 5.09. The molecular weight excluding hydrogens is 300 g/mol. The van der Waals surface area contributed by atoms with E-state index in [1.807, 2.05) is 12.2 Å². The largest absolute Gasteiger partial charge is 0.494 e. The predicted octanol–water partition coefficient (Wildman–Crippen LogP) is 1.91. The highest BCUT2D eigenvalue weighted by Gasteiger charge is 2.59. The van der Waals surface area contributed by atoms with E-state index in [-0.39, 0.29) is 52.6 Å². The van der Waals surface area contributed by atoms with E-state index in [1.54, 1.807) is 0 Å². The van der Waals surface area contributed by atoms with Gasteiger partial charge in [0.05, 0.1) is 35.6 Å². The lowest BCUT2D eigenvalue weighted by molar-refractivity contribution is -0.384. The zero-order valence-corrected chi connectivity index (χ0v) is 12.3. The first kappa shape index (κ1) is 13.9. The molecule has 0 spiro atoms. The number of amides is 2. The van der Waals surface area contributed by atoms with Crippen LogP contribution in [-0.4, -0.2) is 23.8 Å². The van der Waals surface area contributed by atoms with Gasteiger partial charge in [-0.25, -0.2) is 4.90 Å². The van der Waals surface area contributed by atoms with E-state index in [9.17, 15) is 19.7 Å². The highest BCUT2D eigenvalue weighted by Crippen LogP contribution is 2.54. The van der Waals surface area contributed by atoms with E-state index < -0.39 is 4.92 Å². The number of anilines is 1. The summed E-state index contributed by atoms with van der Waals surface area (Å²) in [5.41, 5.74) is 0.133. The predicted molar refractivity (Wildman–Crippen MR) is 79.9 cm³/mol. The number of allylic oxidation sites excluding steroid dienone is 2. The molecule has 23 heavy (non-hydrogen) atoms. The van der Waals surface area contributed by atoms with Crippen molar-refractivity contribution in [1.29, 1.82) is 0 Å². The molecule has 4 rings (SSSR count). The summed E-state index contributed by atoms with van der Waals surface area (Å²) in [6, 6.07) is 3.92. The third kappa shape index (κ3) is 1.76. The van der Waals surface area contributed by atoms with Gasteiger partial charge in [-0.3, -0.25) is 19.7 Å². The zero-order chi connectivity index (χ0) is 16.3. The summed E-state index contributed by atoms with van der Waals surface area (Å²) >= 11 is 0. The number of benzene rings is 1. The molecule has 0 radical (unpaired) electrons. The molecule has 118 valence electrons. The Bertz CT molecular complexity index is 742. The summed E-state index contributed by atoms with van der Waals surface area (Å²) in [5.74, 6) is -0.685. The monoisotopic (exact) mass is 314 g/mol. The number of nitro groups is 1. The number of non-ortho nitro benzene ring substituents is 1. The fourth-order valence-electron chi connectivity index (χ4n) is 4.10. The first-order chi connectivity index (χ1) is 11.0. The smallest absolute Gasteiger partial charge is 0.273 e. The molecule has 3 aliphatic rings. The highest BCUT2D eigenvalue weighted by molar-refractivity contribution is 6.23. The van der Waals surface area contributed by atoms with Crippen molar-refractivity contribution in [3.8, 4) is 5.75 Å². The molecule has 1 aromatic rings. The van der Waals surface area contributed by atoms with Crippen LogP contribution in [-0.2, 0) is 9.59 Å². The van der Waals surface area contributed by atoms with Crippen molar-refractivity contribution in [3.05, 3.63) is 40.5 Å². The summed E-state index contributed by atoms with van der Waals surface area (Å²) in [7, 11) is 1.36. The van der Waals surface area contributed by atoms with Crippen LogP contribution >= 0.6 is 0 Å². The van der Waals surface area contributed by atoms with Crippen LogP contribution in [0.3, 0.4) is 0 Å². The molecule has 1 heterocycles. The van der Waals surface area contributed by atoms with Crippen LogP contribution in [0.15, 0.2) is 30.4 Å². The molecule has 0 N–H and O–H groups in total. The lowest BCUT2D eigenvalue weighted by Crippen LogP contribution is -2.33. The Kier molecular flexibility index (Phi) is 2.81. The average Bonchev–Trinajstić information content (AvgIpc) is 3.21. The Morgan fingerprint density at radius 3 is 2.30 bits per heavy atom. The van der Waals surface area contributed by atoms with Gasteiger partial charge in [0.25, 0.3) is 5.69 Å². The summed E-state index contributed by atoms with van der Waals surface area (Å²) in [6.07, 6.45) is 4.90. The number of fused-ring (bicyclic) bond motifs is 5. The molecule has 1 aliphatic heterocycles. The number of hydrogen-bond donors (Lipinski definition) is 0. The number of methoxy groups -OCH3 is 1. The Balaban J connectivity index is 1.76. The van der Waals surface area contributed by atoms with E-state index >= 15 is 0 Å². The van der Waals surface area contributed by atoms with Crippen LogP contribution in [0.1, 0.15) is 6.42 Å². The minimum absolute atomic E-state index is 0.121. The van der Waals surface area contributed by atoms with Crippen molar-refractivity contribution < 1.29 is 19.2 Å². The number of imide groups is 1. The van der Waals surface area contributed by atoms with E-state index in [0.717, 1.165) is 11.3 Å². The first-order valence-corrected chi connectivity index (χ1v) is 7.41. The lowest BCUT2D eigenvalue weighted by atomic mass is 9.85. The first-order valence-electron chi connectivity index (χ1n) is 7.41. The molecule has 2 aliphatic carbocycles. The Hall–Kier alpha value is -2.70. The molecular formula is C16H14N2O5. The Morgan fingerprint density at radius 1 is 1.17 bits per heavy atom. The maximum Gasteiger partial charge on any atom is 0.273 e. The van der Waals surface area contributed by atoms with Crippen molar-refractivity contribution in [2.75, 3.05) is 12.0 Å². The molecule has 0 unspecified atom stereocenters. The number of hydrogen-bond acceptors (Lipinski definition) is 5. The fourth-order valence-corrected chi connectivity index (χ4v) is 4.10. The maximum absolute atomic E-state index is 12.8. The number of ether oxygens (including phenoxy) is 1. The number of rotatable bonds is 3. The second-order valence-corrected chi connectivity index (χ2v) is 6.13. The highest BCUT2D eigenvalue weighted by atomic mass is 16.6. The van der Waals surface area contributed by atoms with Crippen LogP contribution in [0.4, 0.5) is 11.4 Å². The van der Waals surface area contributed by atoms with E-state index in [2.05, 4.69) is 0 Å². The average molecular weight is 314 g/mol. The number of carbonyl (C=O) groups excluding carboxylic acids is 2. The van der Waals surface area contributed by atoms with Crippen molar-refractivity contribution in [1.82, 2.24) is 0 Å². The Morgan fingerprint density at radius 2 is 1.78 bits per heavy atom. The molecule has 0 aromatic heterocycles. The molecule has 1 saturated heterocycles. The van der Waals surface area contributed by atoms with Crippen molar-refractivity contribution in [2.24, 2.45) is 23.7 Å². The molecule has 2 amide bonds. The van der Waals surface area contributed by atoms with Crippen molar-refractivity contribution in [2.45, 2.75) is 6.42 Å². The van der Waals surface area contributed by atoms with Gasteiger partial charge >= 0.3 is 0 Å². The molecule has 2 fully saturated rings. The summed E-state index contributed by atoms with van der Waals surface area (Å²) in [5, 5.41) is 10.9. The maximum atomic E-state index is 12.8. The fraction of sp³-hybridized carbons (Fsp3) is 0.375. The molecule has 2 bridgehead atoms. The number of nitrogens with zero attached hydrogens (tertiary/aromatic N) is 2. The van der Waals surface area contributed by atoms with Gasteiger partial charge in [-0.15, -0.1) is 0 Å². The van der Waals surface area contributed by atoms with Gasteiger partial charge in [0.1, 0.15) is 5.75 Å². The van der Waals surface area contributed by atoms with Gasteiger partial charge in [-0.2, -0.15) is 0 Å². The van der Waals surface area contributed by atoms with Gasteiger partial charge in [0.2, 0.25) is 11.8 Å². The van der Waals surface area contributed by atoms with E-state index in [4.69, 9.17) is 4.74 Å². The minimum Gasteiger partial charge on any atom is -0.494 e. The van der Waals surface area contributed by atoms with E-state index in [0.29, 0.717) is 0 Å². The van der Waals surface area contributed by atoms with Crippen LogP contribution < -0.4 is 9.64 Å². The Labute approximate surface area is 131 Å².